The van der Waals surface area contributed by atoms with Gasteiger partial charge in [-0.3, -0.25) is 4.79 Å². The van der Waals surface area contributed by atoms with Crippen LogP contribution in [0.25, 0.3) is 0 Å². The van der Waals surface area contributed by atoms with Crippen molar-refractivity contribution in [2.24, 2.45) is 5.92 Å². The van der Waals surface area contributed by atoms with Crippen molar-refractivity contribution >= 4 is 5.91 Å². The molecule has 2 aliphatic heterocycles. The van der Waals surface area contributed by atoms with E-state index < -0.39 is 0 Å². The molecule has 0 saturated carbocycles. The molecule has 2 atom stereocenters. The van der Waals surface area contributed by atoms with Gasteiger partial charge in [0.2, 0.25) is 5.91 Å². The lowest BCUT2D eigenvalue weighted by Crippen LogP contribution is -2.44. The lowest BCUT2D eigenvalue weighted by molar-refractivity contribution is -0.138. The maximum absolute atomic E-state index is 13.4. The summed E-state index contributed by atoms with van der Waals surface area (Å²) in [5.41, 5.74) is 4.97. The van der Waals surface area contributed by atoms with Crippen molar-refractivity contribution in [3.05, 3.63) is 101 Å². The van der Waals surface area contributed by atoms with Gasteiger partial charge in [-0.1, -0.05) is 72.8 Å². The number of fused-ring (bicyclic) bond motifs is 2. The molecular formula is C25H23NO2. The average Bonchev–Trinajstić information content (AvgIpc) is 2.78. The molecule has 0 fully saturated rings. The predicted molar refractivity (Wildman–Crippen MR) is 109 cm³/mol. The number of nitrogens with zero attached hydrogens (tertiary/aromatic N) is 1. The number of amides is 1. The molecule has 0 bridgehead atoms. The van der Waals surface area contributed by atoms with Gasteiger partial charge in [0.05, 0.1) is 5.92 Å². The van der Waals surface area contributed by atoms with Crippen LogP contribution in [0.2, 0.25) is 0 Å². The molecule has 2 unspecified atom stereocenters. The fourth-order valence-electron chi connectivity index (χ4n) is 4.49. The van der Waals surface area contributed by atoms with E-state index in [4.69, 9.17) is 4.74 Å². The third kappa shape index (κ3) is 3.07. The van der Waals surface area contributed by atoms with Gasteiger partial charge in [-0.15, -0.1) is 0 Å². The maximum Gasteiger partial charge on any atom is 0.229 e. The Bertz CT molecular complexity index is 998. The van der Waals surface area contributed by atoms with Crippen LogP contribution in [-0.2, 0) is 17.8 Å². The highest BCUT2D eigenvalue weighted by molar-refractivity contribution is 5.80. The SMILES string of the molecule is O=C(C1COc2ccccc2C1)N1Cc2ccccc2C(c2ccccc2)C1. The topological polar surface area (TPSA) is 29.5 Å². The van der Waals surface area contributed by atoms with Gasteiger partial charge in [0, 0.05) is 19.0 Å². The second-order valence-electron chi connectivity index (χ2n) is 7.70. The van der Waals surface area contributed by atoms with Gasteiger partial charge in [0.15, 0.2) is 0 Å². The van der Waals surface area contributed by atoms with Crippen LogP contribution < -0.4 is 4.74 Å². The Morgan fingerprint density at radius 2 is 1.57 bits per heavy atom. The molecule has 2 heterocycles. The molecule has 3 nitrogen and oxygen atoms in total. The summed E-state index contributed by atoms with van der Waals surface area (Å²) < 4.78 is 5.88. The van der Waals surface area contributed by atoms with E-state index >= 15 is 0 Å². The molecule has 3 heteroatoms. The van der Waals surface area contributed by atoms with E-state index in [1.165, 1.54) is 16.7 Å². The minimum Gasteiger partial charge on any atom is -0.492 e. The molecule has 0 N–H and O–H groups in total. The number of hydrogen-bond acceptors (Lipinski definition) is 2. The van der Waals surface area contributed by atoms with Crippen LogP contribution in [0.4, 0.5) is 0 Å². The first kappa shape index (κ1) is 17.1. The molecule has 1 amide bonds. The number of carbonyl (C=O) groups excluding carboxylic acids is 1. The summed E-state index contributed by atoms with van der Waals surface area (Å²) in [6.07, 6.45) is 0.753. The summed E-state index contributed by atoms with van der Waals surface area (Å²) in [7, 11) is 0. The number of rotatable bonds is 2. The van der Waals surface area contributed by atoms with Crippen LogP contribution >= 0.6 is 0 Å². The zero-order valence-corrected chi connectivity index (χ0v) is 15.8. The molecule has 3 aromatic carbocycles. The standard InChI is InChI=1S/C25H23NO2/c27-25(21-14-19-10-5-7-13-24(19)28-17-21)26-15-20-11-4-6-12-22(20)23(16-26)18-8-2-1-3-9-18/h1-13,21,23H,14-17H2. The highest BCUT2D eigenvalue weighted by Crippen LogP contribution is 2.35. The first-order valence-corrected chi connectivity index (χ1v) is 9.92. The summed E-state index contributed by atoms with van der Waals surface area (Å²) in [4.78, 5) is 15.4. The van der Waals surface area contributed by atoms with Crippen molar-refractivity contribution in [2.75, 3.05) is 13.2 Å². The van der Waals surface area contributed by atoms with Crippen molar-refractivity contribution < 1.29 is 9.53 Å². The number of hydrogen-bond donors (Lipinski definition) is 0. The Morgan fingerprint density at radius 3 is 2.43 bits per heavy atom. The fourth-order valence-corrected chi connectivity index (χ4v) is 4.49. The third-order valence-electron chi connectivity index (χ3n) is 5.94. The summed E-state index contributed by atoms with van der Waals surface area (Å²) in [6, 6.07) is 27.1. The first-order valence-electron chi connectivity index (χ1n) is 9.92. The van der Waals surface area contributed by atoms with Crippen molar-refractivity contribution in [3.63, 3.8) is 0 Å². The molecule has 2 aliphatic rings. The molecule has 0 spiro atoms. The molecular weight excluding hydrogens is 346 g/mol. The fraction of sp³-hybridized carbons (Fsp3) is 0.240. The highest BCUT2D eigenvalue weighted by atomic mass is 16.5. The number of carbonyl (C=O) groups is 1. The van der Waals surface area contributed by atoms with Gasteiger partial charge in [0.25, 0.3) is 0 Å². The third-order valence-corrected chi connectivity index (χ3v) is 5.94. The second kappa shape index (κ2) is 7.16. The van der Waals surface area contributed by atoms with Crippen LogP contribution in [-0.4, -0.2) is 24.0 Å². The van der Waals surface area contributed by atoms with Crippen LogP contribution in [0.1, 0.15) is 28.2 Å². The molecule has 5 rings (SSSR count). The summed E-state index contributed by atoms with van der Waals surface area (Å²) in [6.45, 7) is 1.86. The molecule has 0 aromatic heterocycles. The Morgan fingerprint density at radius 1 is 0.857 bits per heavy atom. The zero-order valence-electron chi connectivity index (χ0n) is 15.8. The zero-order chi connectivity index (χ0) is 18.9. The van der Waals surface area contributed by atoms with Crippen LogP contribution in [0.3, 0.4) is 0 Å². The normalized spacial score (nSPS) is 20.6. The predicted octanol–water partition coefficient (Wildman–Crippen LogP) is 4.41. The van der Waals surface area contributed by atoms with Gasteiger partial charge in [-0.05, 0) is 34.7 Å². The van der Waals surface area contributed by atoms with Crippen molar-refractivity contribution in [1.82, 2.24) is 4.90 Å². The molecule has 3 aromatic rings. The van der Waals surface area contributed by atoms with Crippen molar-refractivity contribution in [2.45, 2.75) is 18.9 Å². The molecule has 0 aliphatic carbocycles. The monoisotopic (exact) mass is 369 g/mol. The summed E-state index contributed by atoms with van der Waals surface area (Å²) in [5.74, 6) is 1.21. The maximum atomic E-state index is 13.4. The van der Waals surface area contributed by atoms with Gasteiger partial charge in [-0.2, -0.15) is 0 Å². The van der Waals surface area contributed by atoms with E-state index in [-0.39, 0.29) is 17.7 Å². The minimum atomic E-state index is -0.114. The lowest BCUT2D eigenvalue weighted by atomic mass is 9.84. The number of ether oxygens (including phenoxy) is 1. The second-order valence-corrected chi connectivity index (χ2v) is 7.70. The average molecular weight is 369 g/mol. The van der Waals surface area contributed by atoms with Gasteiger partial charge in [0.1, 0.15) is 12.4 Å². The number of para-hydroxylation sites is 1. The lowest BCUT2D eigenvalue weighted by Gasteiger charge is -2.37. The summed E-state index contributed by atoms with van der Waals surface area (Å²) in [5, 5.41) is 0. The Balaban J connectivity index is 1.43. The van der Waals surface area contributed by atoms with E-state index in [9.17, 15) is 4.79 Å². The van der Waals surface area contributed by atoms with E-state index in [0.29, 0.717) is 13.2 Å². The Labute approximate surface area is 165 Å². The van der Waals surface area contributed by atoms with Crippen LogP contribution in [0, 0.1) is 5.92 Å². The molecule has 28 heavy (non-hydrogen) atoms. The quantitative estimate of drug-likeness (QED) is 0.670. The smallest absolute Gasteiger partial charge is 0.229 e. The first-order chi connectivity index (χ1) is 13.8. The Hall–Kier alpha value is -3.07. The van der Waals surface area contributed by atoms with E-state index in [0.717, 1.165) is 24.3 Å². The molecule has 0 radical (unpaired) electrons. The van der Waals surface area contributed by atoms with E-state index in [2.05, 4.69) is 54.6 Å². The highest BCUT2D eigenvalue weighted by Gasteiger charge is 2.34. The van der Waals surface area contributed by atoms with E-state index in [1.54, 1.807) is 0 Å². The van der Waals surface area contributed by atoms with Gasteiger partial charge in [-0.25, -0.2) is 0 Å². The largest absolute Gasteiger partial charge is 0.492 e. The Kier molecular flexibility index (Phi) is 4.36. The molecule has 140 valence electrons. The van der Waals surface area contributed by atoms with Gasteiger partial charge < -0.3 is 9.64 Å². The van der Waals surface area contributed by atoms with Gasteiger partial charge >= 0.3 is 0 Å². The van der Waals surface area contributed by atoms with Crippen LogP contribution in [0.15, 0.2) is 78.9 Å². The van der Waals surface area contributed by atoms with Crippen molar-refractivity contribution in [1.29, 1.82) is 0 Å². The molecule has 0 saturated heterocycles. The van der Waals surface area contributed by atoms with Crippen molar-refractivity contribution in [3.8, 4) is 5.75 Å². The van der Waals surface area contributed by atoms with E-state index in [1.807, 2.05) is 29.2 Å². The van der Waals surface area contributed by atoms with Crippen LogP contribution in [0.5, 0.6) is 5.75 Å². The number of benzene rings is 3. The minimum absolute atomic E-state index is 0.114. The summed E-state index contributed by atoms with van der Waals surface area (Å²) >= 11 is 0.